The van der Waals surface area contributed by atoms with Gasteiger partial charge in [-0.25, -0.2) is 0 Å². The summed E-state index contributed by atoms with van der Waals surface area (Å²) in [6.07, 6.45) is 2.30. The van der Waals surface area contributed by atoms with Crippen molar-refractivity contribution in [2.24, 2.45) is 0 Å². The molecule has 0 aromatic carbocycles. The van der Waals surface area contributed by atoms with Crippen molar-refractivity contribution < 1.29 is 5.11 Å². The predicted octanol–water partition coefficient (Wildman–Crippen LogP) is -0.265. The zero-order valence-electron chi connectivity index (χ0n) is 10.5. The molecule has 0 aliphatic carbocycles. The Labute approximate surface area is 98.6 Å². The second kappa shape index (κ2) is 5.45. The minimum absolute atomic E-state index is 0.186. The molecule has 0 amide bonds. The lowest BCUT2D eigenvalue weighted by molar-refractivity contribution is 0.0471. The zero-order chi connectivity index (χ0) is 11.5. The van der Waals surface area contributed by atoms with Crippen LogP contribution in [0.2, 0.25) is 0 Å². The van der Waals surface area contributed by atoms with Gasteiger partial charge in [-0.15, -0.1) is 0 Å². The van der Waals surface area contributed by atoms with E-state index >= 15 is 0 Å². The fourth-order valence-electron chi connectivity index (χ4n) is 2.98. The third kappa shape index (κ3) is 2.56. The second-order valence-electron chi connectivity index (χ2n) is 5.12. The highest BCUT2D eigenvalue weighted by Gasteiger charge is 2.33. The molecule has 0 aromatic heterocycles. The van der Waals surface area contributed by atoms with E-state index < -0.39 is 0 Å². The standard InChI is InChI=1S/C12H25N3O/c1-3-15-6-4-10(5-7-15)14(2)11-8-13-9-12(11)16/h10-13,16H,3-9H2,1-2H3. The van der Waals surface area contributed by atoms with Crippen LogP contribution in [0.5, 0.6) is 0 Å². The first-order chi connectivity index (χ1) is 7.72. The summed E-state index contributed by atoms with van der Waals surface area (Å²) in [6, 6.07) is 0.973. The Bertz CT molecular complexity index is 216. The van der Waals surface area contributed by atoms with Crippen LogP contribution in [0.1, 0.15) is 19.8 Å². The van der Waals surface area contributed by atoms with Gasteiger partial charge >= 0.3 is 0 Å². The lowest BCUT2D eigenvalue weighted by Crippen LogP contribution is -2.50. The van der Waals surface area contributed by atoms with Gasteiger partial charge in [-0.3, -0.25) is 4.90 Å². The number of piperidine rings is 1. The van der Waals surface area contributed by atoms with E-state index in [4.69, 9.17) is 0 Å². The Hall–Kier alpha value is -0.160. The molecule has 2 fully saturated rings. The second-order valence-corrected chi connectivity index (χ2v) is 5.12. The Balaban J connectivity index is 1.83. The highest BCUT2D eigenvalue weighted by atomic mass is 16.3. The van der Waals surface area contributed by atoms with Gasteiger partial charge in [0.25, 0.3) is 0 Å². The number of nitrogens with zero attached hydrogens (tertiary/aromatic N) is 2. The molecule has 2 unspecified atom stereocenters. The van der Waals surface area contributed by atoms with Gasteiger partial charge in [-0.1, -0.05) is 6.92 Å². The molecule has 2 aliphatic heterocycles. The third-order valence-electron chi connectivity index (χ3n) is 4.25. The molecule has 0 radical (unpaired) electrons. The van der Waals surface area contributed by atoms with Crippen LogP contribution in [0, 0.1) is 0 Å². The number of likely N-dealkylation sites (tertiary alicyclic amines) is 1. The molecule has 2 N–H and O–H groups in total. The zero-order valence-corrected chi connectivity index (χ0v) is 10.5. The van der Waals surface area contributed by atoms with Gasteiger partial charge < -0.3 is 15.3 Å². The van der Waals surface area contributed by atoms with E-state index in [-0.39, 0.29) is 6.10 Å². The van der Waals surface area contributed by atoms with Gasteiger partial charge in [-0.2, -0.15) is 0 Å². The quantitative estimate of drug-likeness (QED) is 0.696. The number of nitrogens with one attached hydrogen (secondary N) is 1. The Kier molecular flexibility index (Phi) is 4.19. The smallest absolute Gasteiger partial charge is 0.0831 e. The first-order valence-corrected chi connectivity index (χ1v) is 6.55. The maximum Gasteiger partial charge on any atom is 0.0831 e. The van der Waals surface area contributed by atoms with Gasteiger partial charge in [0.1, 0.15) is 0 Å². The van der Waals surface area contributed by atoms with Crippen molar-refractivity contribution in [1.29, 1.82) is 0 Å². The minimum Gasteiger partial charge on any atom is -0.390 e. The van der Waals surface area contributed by atoms with E-state index in [0.717, 1.165) is 13.1 Å². The van der Waals surface area contributed by atoms with Crippen LogP contribution in [0.25, 0.3) is 0 Å². The summed E-state index contributed by atoms with van der Waals surface area (Å²) in [4.78, 5) is 4.91. The largest absolute Gasteiger partial charge is 0.390 e. The van der Waals surface area contributed by atoms with Crippen LogP contribution < -0.4 is 5.32 Å². The fraction of sp³-hybridized carbons (Fsp3) is 1.00. The van der Waals surface area contributed by atoms with E-state index in [1.165, 1.54) is 32.5 Å². The van der Waals surface area contributed by atoms with E-state index in [1.807, 2.05) is 0 Å². The van der Waals surface area contributed by atoms with Crippen LogP contribution in [-0.2, 0) is 0 Å². The van der Waals surface area contributed by atoms with Crippen LogP contribution >= 0.6 is 0 Å². The van der Waals surface area contributed by atoms with Crippen molar-refractivity contribution in [2.75, 3.05) is 39.8 Å². The molecule has 94 valence electrons. The van der Waals surface area contributed by atoms with Crippen molar-refractivity contribution in [3.05, 3.63) is 0 Å². The molecule has 4 nitrogen and oxygen atoms in total. The lowest BCUT2D eigenvalue weighted by atomic mass is 10.0. The van der Waals surface area contributed by atoms with Gasteiger partial charge in [0.15, 0.2) is 0 Å². The summed E-state index contributed by atoms with van der Waals surface area (Å²) in [5.41, 5.74) is 0. The first-order valence-electron chi connectivity index (χ1n) is 6.55. The maximum absolute atomic E-state index is 9.87. The third-order valence-corrected chi connectivity index (χ3v) is 4.25. The highest BCUT2D eigenvalue weighted by Crippen LogP contribution is 2.19. The molecular formula is C12H25N3O. The number of hydrogen-bond donors (Lipinski definition) is 2. The number of aliphatic hydroxyl groups excluding tert-OH is 1. The number of rotatable bonds is 3. The van der Waals surface area contributed by atoms with Crippen molar-refractivity contribution in [3.63, 3.8) is 0 Å². The number of hydrogen-bond acceptors (Lipinski definition) is 4. The van der Waals surface area contributed by atoms with Crippen LogP contribution in [-0.4, -0.2) is 72.9 Å². The molecule has 0 saturated carbocycles. The summed E-state index contributed by atoms with van der Waals surface area (Å²) in [5, 5.41) is 13.1. The molecule has 0 bridgehead atoms. The van der Waals surface area contributed by atoms with E-state index in [0.29, 0.717) is 12.1 Å². The van der Waals surface area contributed by atoms with E-state index in [2.05, 4.69) is 29.1 Å². The van der Waals surface area contributed by atoms with Gasteiger partial charge in [0.2, 0.25) is 0 Å². The minimum atomic E-state index is -0.186. The van der Waals surface area contributed by atoms with Gasteiger partial charge in [0.05, 0.1) is 6.10 Å². The number of aliphatic hydroxyl groups is 1. The fourth-order valence-corrected chi connectivity index (χ4v) is 2.98. The topological polar surface area (TPSA) is 38.7 Å². The van der Waals surface area contributed by atoms with Crippen LogP contribution in [0.15, 0.2) is 0 Å². The van der Waals surface area contributed by atoms with Crippen LogP contribution in [0.4, 0.5) is 0 Å². The molecular weight excluding hydrogens is 202 g/mol. The monoisotopic (exact) mass is 227 g/mol. The van der Waals surface area contributed by atoms with Crippen molar-refractivity contribution in [1.82, 2.24) is 15.1 Å². The predicted molar refractivity (Wildman–Crippen MR) is 65.6 cm³/mol. The highest BCUT2D eigenvalue weighted by molar-refractivity contribution is 4.91. The molecule has 2 saturated heterocycles. The molecule has 2 rings (SSSR count). The summed E-state index contributed by atoms with van der Waals surface area (Å²) in [5.74, 6) is 0. The molecule has 2 atom stereocenters. The molecule has 16 heavy (non-hydrogen) atoms. The molecule has 4 heteroatoms. The maximum atomic E-state index is 9.87. The summed E-state index contributed by atoms with van der Waals surface area (Å²) < 4.78 is 0. The number of likely N-dealkylation sites (N-methyl/N-ethyl adjacent to an activating group) is 1. The summed E-state index contributed by atoms with van der Waals surface area (Å²) in [7, 11) is 2.17. The summed E-state index contributed by atoms with van der Waals surface area (Å²) >= 11 is 0. The first kappa shape index (κ1) is 12.3. The Morgan fingerprint density at radius 3 is 2.50 bits per heavy atom. The normalized spacial score (nSPS) is 33.8. The van der Waals surface area contributed by atoms with Crippen molar-refractivity contribution >= 4 is 0 Å². The van der Waals surface area contributed by atoms with E-state index in [9.17, 15) is 5.11 Å². The Morgan fingerprint density at radius 1 is 1.31 bits per heavy atom. The average Bonchev–Trinajstić information content (AvgIpc) is 2.75. The van der Waals surface area contributed by atoms with E-state index in [1.54, 1.807) is 0 Å². The molecule has 2 aliphatic rings. The van der Waals surface area contributed by atoms with Gasteiger partial charge in [-0.05, 0) is 39.5 Å². The average molecular weight is 227 g/mol. The molecule has 0 spiro atoms. The van der Waals surface area contributed by atoms with Gasteiger partial charge in [0, 0.05) is 25.2 Å². The van der Waals surface area contributed by atoms with Crippen molar-refractivity contribution in [3.8, 4) is 0 Å². The SMILES string of the molecule is CCN1CCC(N(C)C2CNCC2O)CC1. The summed E-state index contributed by atoms with van der Waals surface area (Å²) in [6.45, 7) is 7.51. The molecule has 2 heterocycles. The van der Waals surface area contributed by atoms with Crippen LogP contribution in [0.3, 0.4) is 0 Å². The van der Waals surface area contributed by atoms with Crippen molar-refractivity contribution in [2.45, 2.75) is 38.0 Å². The Morgan fingerprint density at radius 2 is 2.00 bits per heavy atom. The number of β-amino-alcohol motifs (C(OH)–C–C–N with tert-alkyl or cyclic N) is 1. The molecule has 0 aromatic rings. The lowest BCUT2D eigenvalue weighted by Gasteiger charge is -2.39.